The summed E-state index contributed by atoms with van der Waals surface area (Å²) in [4.78, 5) is 39.2. The standard InChI is InChI=1S/C24H36N2O7/c1-23(2,3)32-20(28)17-12-13-26(17)14-18(27)19(21(29)33-24(4,5)6)25-22(30)31-15-16-10-8-7-9-11-16/h7-11,17-19,27H,12-15H2,1-6H3,(H,25,30)/t17-,18?,19-/m0/s1. The van der Waals surface area contributed by atoms with Crippen LogP contribution < -0.4 is 5.32 Å². The lowest BCUT2D eigenvalue weighted by atomic mass is 10.00. The van der Waals surface area contributed by atoms with Gasteiger partial charge in [-0.3, -0.25) is 9.69 Å². The first-order chi connectivity index (χ1) is 15.2. The largest absolute Gasteiger partial charge is 0.459 e. The summed E-state index contributed by atoms with van der Waals surface area (Å²) < 4.78 is 16.0. The van der Waals surface area contributed by atoms with E-state index >= 15 is 0 Å². The highest BCUT2D eigenvalue weighted by Crippen LogP contribution is 2.22. The molecule has 3 atom stereocenters. The Balaban J connectivity index is 2.02. The maximum atomic E-state index is 12.7. The third-order valence-electron chi connectivity index (χ3n) is 4.76. The first-order valence-electron chi connectivity index (χ1n) is 11.1. The number of alkyl carbamates (subject to hydrolysis) is 1. The van der Waals surface area contributed by atoms with E-state index in [0.29, 0.717) is 13.0 Å². The highest BCUT2D eigenvalue weighted by molar-refractivity contribution is 5.82. The molecule has 9 heteroatoms. The van der Waals surface area contributed by atoms with Crippen LogP contribution in [0.4, 0.5) is 4.79 Å². The SMILES string of the molecule is CC(C)(C)OC(=O)[C@@H](NC(=O)OCc1ccccc1)C(O)CN1CC[C@H]1C(=O)OC(C)(C)C. The highest BCUT2D eigenvalue weighted by Gasteiger charge is 2.41. The van der Waals surface area contributed by atoms with Crippen molar-refractivity contribution in [1.29, 1.82) is 0 Å². The normalized spacial score (nSPS) is 18.5. The number of hydrogen-bond acceptors (Lipinski definition) is 8. The minimum atomic E-state index is -1.37. The third kappa shape index (κ3) is 9.01. The maximum Gasteiger partial charge on any atom is 0.408 e. The Morgan fingerprint density at radius 3 is 2.18 bits per heavy atom. The van der Waals surface area contributed by atoms with Gasteiger partial charge in [0.1, 0.15) is 23.9 Å². The number of carbonyl (C=O) groups excluding carboxylic acids is 3. The van der Waals surface area contributed by atoms with Crippen molar-refractivity contribution < 1.29 is 33.7 Å². The van der Waals surface area contributed by atoms with Gasteiger partial charge in [-0.15, -0.1) is 0 Å². The predicted octanol–water partition coefficient (Wildman–Crippen LogP) is 2.40. The molecule has 1 heterocycles. The van der Waals surface area contributed by atoms with Crippen LogP contribution in [0.15, 0.2) is 30.3 Å². The molecular weight excluding hydrogens is 428 g/mol. The zero-order valence-electron chi connectivity index (χ0n) is 20.3. The van der Waals surface area contributed by atoms with Crippen LogP contribution in [-0.2, 0) is 30.4 Å². The molecule has 0 saturated carbocycles. The van der Waals surface area contributed by atoms with Gasteiger partial charge < -0.3 is 24.6 Å². The summed E-state index contributed by atoms with van der Waals surface area (Å²) in [6, 6.07) is 7.20. The molecule has 0 aromatic heterocycles. The summed E-state index contributed by atoms with van der Waals surface area (Å²) in [6.45, 7) is 11.0. The number of likely N-dealkylation sites (tertiary alicyclic amines) is 1. The number of rotatable bonds is 8. The molecule has 0 radical (unpaired) electrons. The molecule has 184 valence electrons. The van der Waals surface area contributed by atoms with Crippen molar-refractivity contribution in [2.45, 2.75) is 84.0 Å². The van der Waals surface area contributed by atoms with Crippen molar-refractivity contribution in [1.82, 2.24) is 10.2 Å². The van der Waals surface area contributed by atoms with Gasteiger partial charge in [0.05, 0.1) is 6.10 Å². The van der Waals surface area contributed by atoms with Crippen molar-refractivity contribution in [2.24, 2.45) is 0 Å². The lowest BCUT2D eigenvalue weighted by molar-refractivity contribution is -0.168. The summed E-state index contributed by atoms with van der Waals surface area (Å²) >= 11 is 0. The maximum absolute atomic E-state index is 12.7. The number of hydrogen-bond donors (Lipinski definition) is 2. The smallest absolute Gasteiger partial charge is 0.408 e. The van der Waals surface area contributed by atoms with E-state index in [1.807, 2.05) is 18.2 Å². The highest BCUT2D eigenvalue weighted by atomic mass is 16.6. The number of aliphatic hydroxyl groups excluding tert-OH is 1. The molecule has 1 saturated heterocycles. The number of β-amino-alcohol motifs (C(OH)–C–C–N with tert-alkyl or cyclic N) is 1. The lowest BCUT2D eigenvalue weighted by Crippen LogP contribution is -2.60. The number of nitrogens with one attached hydrogen (secondary N) is 1. The van der Waals surface area contributed by atoms with Gasteiger partial charge in [0.2, 0.25) is 0 Å². The molecule has 1 aliphatic rings. The van der Waals surface area contributed by atoms with E-state index in [9.17, 15) is 19.5 Å². The van der Waals surface area contributed by atoms with Crippen molar-refractivity contribution in [3.63, 3.8) is 0 Å². The zero-order chi connectivity index (χ0) is 24.8. The van der Waals surface area contributed by atoms with E-state index in [1.165, 1.54) is 0 Å². The fourth-order valence-corrected chi connectivity index (χ4v) is 3.21. The molecule has 0 bridgehead atoms. The van der Waals surface area contributed by atoms with Gasteiger partial charge in [-0.1, -0.05) is 30.3 Å². The van der Waals surface area contributed by atoms with Crippen molar-refractivity contribution in [2.75, 3.05) is 13.1 Å². The molecule has 9 nitrogen and oxygen atoms in total. The molecule has 1 aliphatic heterocycles. The number of esters is 2. The number of carbonyl (C=O) groups is 3. The van der Waals surface area contributed by atoms with Crippen molar-refractivity contribution in [3.05, 3.63) is 35.9 Å². The van der Waals surface area contributed by atoms with Crippen molar-refractivity contribution >= 4 is 18.0 Å². The van der Waals surface area contributed by atoms with Gasteiger partial charge in [0, 0.05) is 13.1 Å². The molecule has 2 rings (SSSR count). The number of aliphatic hydroxyl groups is 1. The van der Waals surface area contributed by atoms with E-state index in [2.05, 4.69) is 5.32 Å². The van der Waals surface area contributed by atoms with E-state index in [1.54, 1.807) is 58.6 Å². The Kier molecular flexibility index (Phi) is 8.85. The predicted molar refractivity (Wildman–Crippen MR) is 121 cm³/mol. The molecule has 1 unspecified atom stereocenters. The van der Waals surface area contributed by atoms with E-state index in [0.717, 1.165) is 5.56 Å². The summed E-state index contributed by atoms with van der Waals surface area (Å²) in [5, 5.41) is 13.2. The Bertz CT molecular complexity index is 814. The van der Waals surface area contributed by atoms with E-state index < -0.39 is 41.5 Å². The van der Waals surface area contributed by atoms with Gasteiger partial charge >= 0.3 is 18.0 Å². The minimum absolute atomic E-state index is 0.0106. The molecule has 2 N–H and O–H groups in total. The second-order valence-electron chi connectivity index (χ2n) is 10.1. The van der Waals surface area contributed by atoms with Gasteiger partial charge in [-0.05, 0) is 53.5 Å². The van der Waals surface area contributed by atoms with Crippen LogP contribution in [0.2, 0.25) is 0 Å². The van der Waals surface area contributed by atoms with Crippen LogP contribution in [0.5, 0.6) is 0 Å². The molecule has 1 aromatic carbocycles. The van der Waals surface area contributed by atoms with Crippen LogP contribution in [0.25, 0.3) is 0 Å². The topological polar surface area (TPSA) is 114 Å². The molecule has 0 aliphatic carbocycles. The summed E-state index contributed by atoms with van der Waals surface area (Å²) in [6.07, 6.45) is -1.60. The number of amides is 1. The van der Waals surface area contributed by atoms with Crippen molar-refractivity contribution in [3.8, 4) is 0 Å². The number of nitrogens with zero attached hydrogens (tertiary/aromatic N) is 1. The second kappa shape index (κ2) is 11.0. The fraction of sp³-hybridized carbons (Fsp3) is 0.625. The monoisotopic (exact) mass is 464 g/mol. The molecule has 1 amide bonds. The fourth-order valence-electron chi connectivity index (χ4n) is 3.21. The van der Waals surface area contributed by atoms with Crippen LogP contribution in [0, 0.1) is 0 Å². The Hall–Kier alpha value is -2.65. The van der Waals surface area contributed by atoms with Gasteiger partial charge in [0.25, 0.3) is 0 Å². The summed E-state index contributed by atoms with van der Waals surface area (Å²) in [5.41, 5.74) is -0.664. The second-order valence-corrected chi connectivity index (χ2v) is 10.1. The van der Waals surface area contributed by atoms with Crippen LogP contribution in [-0.4, -0.2) is 70.5 Å². The lowest BCUT2D eigenvalue weighted by Gasteiger charge is -2.42. The summed E-state index contributed by atoms with van der Waals surface area (Å²) in [5.74, 6) is -1.17. The molecular formula is C24H36N2O7. The van der Waals surface area contributed by atoms with E-state index in [-0.39, 0.29) is 19.1 Å². The number of benzene rings is 1. The first kappa shape index (κ1) is 26.6. The molecule has 1 fully saturated rings. The average Bonchev–Trinajstić information content (AvgIpc) is 2.65. The van der Waals surface area contributed by atoms with Gasteiger partial charge in [-0.25, -0.2) is 9.59 Å². The first-order valence-corrected chi connectivity index (χ1v) is 11.1. The van der Waals surface area contributed by atoms with Gasteiger partial charge in [0.15, 0.2) is 6.04 Å². The Labute approximate surface area is 195 Å². The van der Waals surface area contributed by atoms with Crippen LogP contribution in [0.3, 0.4) is 0 Å². The van der Waals surface area contributed by atoms with E-state index in [4.69, 9.17) is 14.2 Å². The Morgan fingerprint density at radius 2 is 1.67 bits per heavy atom. The van der Waals surface area contributed by atoms with Crippen LogP contribution >= 0.6 is 0 Å². The van der Waals surface area contributed by atoms with Crippen LogP contribution in [0.1, 0.15) is 53.5 Å². The average molecular weight is 465 g/mol. The molecule has 33 heavy (non-hydrogen) atoms. The molecule has 0 spiro atoms. The zero-order valence-corrected chi connectivity index (χ0v) is 20.3. The number of ether oxygens (including phenoxy) is 3. The quantitative estimate of drug-likeness (QED) is 0.445. The van der Waals surface area contributed by atoms with Gasteiger partial charge in [-0.2, -0.15) is 0 Å². The third-order valence-corrected chi connectivity index (χ3v) is 4.76. The minimum Gasteiger partial charge on any atom is -0.459 e. The summed E-state index contributed by atoms with van der Waals surface area (Å²) in [7, 11) is 0. The molecule has 1 aromatic rings. The Morgan fingerprint density at radius 1 is 1.06 bits per heavy atom.